The van der Waals surface area contributed by atoms with Gasteiger partial charge in [0.15, 0.2) is 0 Å². The van der Waals surface area contributed by atoms with Gasteiger partial charge >= 0.3 is 0 Å². The number of hydrogen-bond donors (Lipinski definition) is 1. The summed E-state index contributed by atoms with van der Waals surface area (Å²) in [7, 11) is 0. The number of aromatic nitrogens is 1. The standard InChI is InChI=1S/C21H21FN2O2/c22-18-4-6-19(7-5-18)26-14-15-2-1-11-24(13-15)21(25)17-3-8-20-16(12-17)9-10-23-20/h3-10,12,15,23H,1-2,11,13-14H2/t15-/m1/s1. The number of carbonyl (C=O) groups excluding carboxylic acids is 1. The monoisotopic (exact) mass is 352 g/mol. The average molecular weight is 352 g/mol. The lowest BCUT2D eigenvalue weighted by Gasteiger charge is -2.32. The molecule has 0 bridgehead atoms. The molecule has 4 nitrogen and oxygen atoms in total. The van der Waals surface area contributed by atoms with Crippen LogP contribution in [0, 0.1) is 11.7 Å². The van der Waals surface area contributed by atoms with Crippen LogP contribution in [0.3, 0.4) is 0 Å². The molecule has 0 radical (unpaired) electrons. The number of fused-ring (bicyclic) bond motifs is 1. The SMILES string of the molecule is O=C(c1ccc2[nH]ccc2c1)N1CCC[C@@H](COc2ccc(F)cc2)C1. The van der Waals surface area contributed by atoms with Crippen molar-refractivity contribution in [1.82, 2.24) is 9.88 Å². The van der Waals surface area contributed by atoms with E-state index in [2.05, 4.69) is 4.98 Å². The van der Waals surface area contributed by atoms with Gasteiger partial charge in [-0.3, -0.25) is 4.79 Å². The summed E-state index contributed by atoms with van der Waals surface area (Å²) in [5.74, 6) is 0.743. The number of piperidine rings is 1. The van der Waals surface area contributed by atoms with E-state index in [1.165, 1.54) is 12.1 Å². The van der Waals surface area contributed by atoms with E-state index < -0.39 is 0 Å². The Kier molecular flexibility index (Phi) is 4.61. The van der Waals surface area contributed by atoms with Crippen molar-refractivity contribution < 1.29 is 13.9 Å². The van der Waals surface area contributed by atoms with Crippen LogP contribution in [0.25, 0.3) is 10.9 Å². The fourth-order valence-corrected chi connectivity index (χ4v) is 3.50. The van der Waals surface area contributed by atoms with Crippen molar-refractivity contribution in [3.63, 3.8) is 0 Å². The molecule has 2 aromatic carbocycles. The van der Waals surface area contributed by atoms with E-state index in [-0.39, 0.29) is 17.6 Å². The molecule has 2 heterocycles. The van der Waals surface area contributed by atoms with Crippen LogP contribution in [-0.4, -0.2) is 35.5 Å². The van der Waals surface area contributed by atoms with Crippen molar-refractivity contribution in [2.45, 2.75) is 12.8 Å². The van der Waals surface area contributed by atoms with Crippen molar-refractivity contribution >= 4 is 16.8 Å². The molecule has 0 aliphatic carbocycles. The molecular weight excluding hydrogens is 331 g/mol. The Bertz CT molecular complexity index is 904. The third kappa shape index (κ3) is 3.57. The van der Waals surface area contributed by atoms with Crippen molar-refractivity contribution in [2.75, 3.05) is 19.7 Å². The Hall–Kier alpha value is -2.82. The first-order valence-corrected chi connectivity index (χ1v) is 8.94. The first kappa shape index (κ1) is 16.6. The van der Waals surface area contributed by atoms with E-state index in [0.717, 1.165) is 35.9 Å². The summed E-state index contributed by atoms with van der Waals surface area (Å²) in [6, 6.07) is 13.8. The molecular formula is C21H21FN2O2. The van der Waals surface area contributed by atoms with Gasteiger partial charge in [-0.2, -0.15) is 0 Å². The second-order valence-corrected chi connectivity index (χ2v) is 6.80. The molecule has 0 saturated carbocycles. The minimum absolute atomic E-state index is 0.0691. The number of H-pyrrole nitrogens is 1. The maximum Gasteiger partial charge on any atom is 0.253 e. The summed E-state index contributed by atoms with van der Waals surface area (Å²) in [5, 5.41) is 1.05. The Balaban J connectivity index is 1.39. The first-order chi connectivity index (χ1) is 12.7. The highest BCUT2D eigenvalue weighted by Gasteiger charge is 2.25. The Morgan fingerprint density at radius 3 is 2.88 bits per heavy atom. The van der Waals surface area contributed by atoms with Crippen molar-refractivity contribution in [2.24, 2.45) is 5.92 Å². The number of nitrogens with one attached hydrogen (secondary N) is 1. The quantitative estimate of drug-likeness (QED) is 0.763. The van der Waals surface area contributed by atoms with Gasteiger partial charge in [-0.15, -0.1) is 0 Å². The topological polar surface area (TPSA) is 45.3 Å². The Morgan fingerprint density at radius 1 is 1.19 bits per heavy atom. The van der Waals surface area contributed by atoms with E-state index in [9.17, 15) is 9.18 Å². The summed E-state index contributed by atoms with van der Waals surface area (Å²) in [6.45, 7) is 1.99. The van der Waals surface area contributed by atoms with Crippen molar-refractivity contribution in [3.05, 3.63) is 66.1 Å². The Morgan fingerprint density at radius 2 is 2.04 bits per heavy atom. The second-order valence-electron chi connectivity index (χ2n) is 6.80. The van der Waals surface area contributed by atoms with Gasteiger partial charge in [0.1, 0.15) is 11.6 Å². The fourth-order valence-electron chi connectivity index (χ4n) is 3.50. The fraction of sp³-hybridized carbons (Fsp3) is 0.286. The van der Waals surface area contributed by atoms with Gasteiger partial charge in [-0.05, 0) is 61.4 Å². The van der Waals surface area contributed by atoms with Crippen LogP contribution in [0.15, 0.2) is 54.7 Å². The van der Waals surface area contributed by atoms with Crippen molar-refractivity contribution in [3.8, 4) is 5.75 Å². The summed E-state index contributed by atoms with van der Waals surface area (Å²) in [4.78, 5) is 17.9. The van der Waals surface area contributed by atoms with E-state index in [4.69, 9.17) is 4.74 Å². The number of likely N-dealkylation sites (tertiary alicyclic amines) is 1. The van der Waals surface area contributed by atoms with Crippen LogP contribution in [0.1, 0.15) is 23.2 Å². The van der Waals surface area contributed by atoms with Crippen LogP contribution in [0.4, 0.5) is 4.39 Å². The van der Waals surface area contributed by atoms with Gasteiger partial charge < -0.3 is 14.6 Å². The Labute approximate surface area is 151 Å². The lowest BCUT2D eigenvalue weighted by atomic mass is 9.98. The number of benzene rings is 2. The lowest BCUT2D eigenvalue weighted by Crippen LogP contribution is -2.41. The zero-order valence-electron chi connectivity index (χ0n) is 14.5. The van der Waals surface area contributed by atoms with Gasteiger partial charge in [0.25, 0.3) is 5.91 Å². The molecule has 134 valence electrons. The van der Waals surface area contributed by atoms with E-state index in [1.807, 2.05) is 35.4 Å². The van der Waals surface area contributed by atoms with Crippen LogP contribution < -0.4 is 4.74 Å². The third-order valence-corrected chi connectivity index (χ3v) is 4.91. The molecule has 1 aromatic heterocycles. The molecule has 1 aliphatic heterocycles. The van der Waals surface area contributed by atoms with E-state index in [1.54, 1.807) is 12.1 Å². The highest BCUT2D eigenvalue weighted by molar-refractivity contribution is 5.98. The first-order valence-electron chi connectivity index (χ1n) is 8.94. The third-order valence-electron chi connectivity index (χ3n) is 4.91. The molecule has 1 saturated heterocycles. The number of ether oxygens (including phenoxy) is 1. The number of hydrogen-bond acceptors (Lipinski definition) is 2. The number of amides is 1. The molecule has 1 aliphatic rings. The molecule has 5 heteroatoms. The van der Waals surface area contributed by atoms with E-state index >= 15 is 0 Å². The summed E-state index contributed by atoms with van der Waals surface area (Å²) in [6.07, 6.45) is 3.88. The van der Waals surface area contributed by atoms with Crippen LogP contribution in [-0.2, 0) is 0 Å². The number of rotatable bonds is 4. The number of aromatic amines is 1. The smallest absolute Gasteiger partial charge is 0.253 e. The maximum absolute atomic E-state index is 13.0. The van der Waals surface area contributed by atoms with Crippen LogP contribution >= 0.6 is 0 Å². The zero-order valence-corrected chi connectivity index (χ0v) is 14.5. The van der Waals surface area contributed by atoms with Gasteiger partial charge in [0, 0.05) is 41.7 Å². The summed E-state index contributed by atoms with van der Waals surface area (Å²) < 4.78 is 18.7. The number of carbonyl (C=O) groups is 1. The largest absolute Gasteiger partial charge is 0.493 e. The minimum atomic E-state index is -0.272. The maximum atomic E-state index is 13.0. The predicted octanol–water partition coefficient (Wildman–Crippen LogP) is 4.24. The molecule has 1 N–H and O–H groups in total. The molecule has 3 aromatic rings. The highest BCUT2D eigenvalue weighted by atomic mass is 19.1. The van der Waals surface area contributed by atoms with Crippen LogP contribution in [0.2, 0.25) is 0 Å². The molecule has 1 fully saturated rings. The van der Waals surface area contributed by atoms with Gasteiger partial charge in [-0.1, -0.05) is 0 Å². The molecule has 1 atom stereocenters. The van der Waals surface area contributed by atoms with Crippen molar-refractivity contribution in [1.29, 1.82) is 0 Å². The highest BCUT2D eigenvalue weighted by Crippen LogP contribution is 2.22. The second kappa shape index (κ2) is 7.20. The normalized spacial score (nSPS) is 17.4. The molecule has 1 amide bonds. The summed E-state index contributed by atoms with van der Waals surface area (Å²) >= 11 is 0. The number of halogens is 1. The van der Waals surface area contributed by atoms with Gasteiger partial charge in [0.05, 0.1) is 6.61 Å². The lowest BCUT2D eigenvalue weighted by molar-refractivity contribution is 0.0633. The zero-order chi connectivity index (χ0) is 17.9. The predicted molar refractivity (Wildman–Crippen MR) is 98.8 cm³/mol. The molecule has 0 spiro atoms. The van der Waals surface area contributed by atoms with Gasteiger partial charge in [-0.25, -0.2) is 4.39 Å². The minimum Gasteiger partial charge on any atom is -0.493 e. The van der Waals surface area contributed by atoms with E-state index in [0.29, 0.717) is 18.9 Å². The van der Waals surface area contributed by atoms with Gasteiger partial charge in [0.2, 0.25) is 0 Å². The van der Waals surface area contributed by atoms with Crippen LogP contribution in [0.5, 0.6) is 5.75 Å². The number of nitrogens with zero attached hydrogens (tertiary/aromatic N) is 1. The molecule has 26 heavy (non-hydrogen) atoms. The summed E-state index contributed by atoms with van der Waals surface area (Å²) in [5.41, 5.74) is 1.75. The molecule has 0 unspecified atom stereocenters. The average Bonchev–Trinajstić information content (AvgIpc) is 3.15. The molecule has 4 rings (SSSR count).